The summed E-state index contributed by atoms with van der Waals surface area (Å²) in [6.07, 6.45) is 2.09. The maximum absolute atomic E-state index is 12.0. The zero-order valence-electron chi connectivity index (χ0n) is 12.7. The summed E-state index contributed by atoms with van der Waals surface area (Å²) in [7, 11) is 3.24. The maximum atomic E-state index is 12.0. The van der Waals surface area contributed by atoms with Gasteiger partial charge in [0.05, 0.1) is 25.9 Å². The van der Waals surface area contributed by atoms with E-state index < -0.39 is 0 Å². The van der Waals surface area contributed by atoms with E-state index in [9.17, 15) is 9.59 Å². The summed E-state index contributed by atoms with van der Waals surface area (Å²) >= 11 is 5.92. The number of carbonyl (C=O) groups excluding carboxylic acids is 2. The zero-order chi connectivity index (χ0) is 16.1. The van der Waals surface area contributed by atoms with Crippen molar-refractivity contribution in [3.63, 3.8) is 0 Å². The van der Waals surface area contributed by atoms with Crippen molar-refractivity contribution in [3.8, 4) is 5.75 Å². The summed E-state index contributed by atoms with van der Waals surface area (Å²) in [6, 6.07) is 5.32. The molecule has 1 aromatic carbocycles. The van der Waals surface area contributed by atoms with Gasteiger partial charge in [-0.1, -0.05) is 11.6 Å². The van der Waals surface area contributed by atoms with Gasteiger partial charge < -0.3 is 15.4 Å². The largest absolute Gasteiger partial charge is 0.495 e. The normalized spacial score (nSPS) is 13.8. The number of methoxy groups -OCH3 is 1. The van der Waals surface area contributed by atoms with E-state index in [0.29, 0.717) is 22.5 Å². The SMILES string of the molecule is COc1ccc(Cl)cc1NC(=O)CN(C)CC(=O)NC1CC1. The van der Waals surface area contributed by atoms with E-state index in [1.54, 1.807) is 30.1 Å². The Morgan fingerprint density at radius 3 is 2.64 bits per heavy atom. The number of amides is 2. The van der Waals surface area contributed by atoms with Crippen molar-refractivity contribution in [1.29, 1.82) is 0 Å². The highest BCUT2D eigenvalue weighted by molar-refractivity contribution is 6.31. The van der Waals surface area contributed by atoms with E-state index in [-0.39, 0.29) is 24.9 Å². The molecule has 1 aliphatic rings. The van der Waals surface area contributed by atoms with Crippen LogP contribution in [0.4, 0.5) is 5.69 Å². The number of anilines is 1. The second kappa shape index (κ2) is 7.47. The Labute approximate surface area is 134 Å². The monoisotopic (exact) mass is 325 g/mol. The van der Waals surface area contributed by atoms with Gasteiger partial charge in [-0.25, -0.2) is 0 Å². The lowest BCUT2D eigenvalue weighted by molar-refractivity contribution is -0.123. The van der Waals surface area contributed by atoms with Crippen molar-refractivity contribution in [3.05, 3.63) is 23.2 Å². The lowest BCUT2D eigenvalue weighted by Crippen LogP contribution is -2.39. The fourth-order valence-electron chi connectivity index (χ4n) is 2.01. The molecule has 1 aromatic rings. The van der Waals surface area contributed by atoms with Crippen LogP contribution in [0.25, 0.3) is 0 Å². The van der Waals surface area contributed by atoms with E-state index in [4.69, 9.17) is 16.3 Å². The van der Waals surface area contributed by atoms with Crippen LogP contribution in [0.2, 0.25) is 5.02 Å². The second-order valence-electron chi connectivity index (χ2n) is 5.41. The number of hydrogen-bond acceptors (Lipinski definition) is 4. The van der Waals surface area contributed by atoms with Crippen LogP contribution in [0.1, 0.15) is 12.8 Å². The van der Waals surface area contributed by atoms with Gasteiger partial charge in [0, 0.05) is 11.1 Å². The first-order valence-electron chi connectivity index (χ1n) is 7.09. The molecule has 0 aliphatic heterocycles. The highest BCUT2D eigenvalue weighted by Crippen LogP contribution is 2.27. The van der Waals surface area contributed by atoms with Crippen LogP contribution in [0.15, 0.2) is 18.2 Å². The Balaban J connectivity index is 1.83. The van der Waals surface area contributed by atoms with Gasteiger partial charge in [0.15, 0.2) is 0 Å². The minimum atomic E-state index is -0.234. The summed E-state index contributed by atoms with van der Waals surface area (Å²) in [5.41, 5.74) is 0.510. The molecule has 0 saturated heterocycles. The molecule has 7 heteroatoms. The van der Waals surface area contributed by atoms with Crippen LogP contribution in [0, 0.1) is 0 Å². The topological polar surface area (TPSA) is 70.7 Å². The third-order valence-corrected chi connectivity index (χ3v) is 3.44. The maximum Gasteiger partial charge on any atom is 0.238 e. The summed E-state index contributed by atoms with van der Waals surface area (Å²) in [6.45, 7) is 0.296. The summed E-state index contributed by atoms with van der Waals surface area (Å²) in [5, 5.41) is 6.13. The quantitative estimate of drug-likeness (QED) is 0.797. The molecule has 2 rings (SSSR count). The van der Waals surface area contributed by atoms with Gasteiger partial charge in [-0.2, -0.15) is 0 Å². The Morgan fingerprint density at radius 2 is 2.00 bits per heavy atom. The van der Waals surface area contributed by atoms with Crippen molar-refractivity contribution in [1.82, 2.24) is 10.2 Å². The van der Waals surface area contributed by atoms with Gasteiger partial charge in [0.2, 0.25) is 11.8 Å². The van der Waals surface area contributed by atoms with Crippen molar-refractivity contribution in [2.24, 2.45) is 0 Å². The van der Waals surface area contributed by atoms with Gasteiger partial charge in [-0.05, 0) is 38.1 Å². The van der Waals surface area contributed by atoms with Crippen LogP contribution >= 0.6 is 11.6 Å². The number of rotatable bonds is 7. The van der Waals surface area contributed by atoms with Crippen LogP contribution < -0.4 is 15.4 Å². The van der Waals surface area contributed by atoms with Gasteiger partial charge in [0.1, 0.15) is 5.75 Å². The van der Waals surface area contributed by atoms with E-state index in [2.05, 4.69) is 10.6 Å². The lowest BCUT2D eigenvalue weighted by atomic mass is 10.3. The minimum absolute atomic E-state index is 0.0573. The molecule has 0 aromatic heterocycles. The van der Waals surface area contributed by atoms with Crippen LogP contribution in [0.5, 0.6) is 5.75 Å². The smallest absolute Gasteiger partial charge is 0.238 e. The zero-order valence-corrected chi connectivity index (χ0v) is 13.4. The predicted octanol–water partition coefficient (Wildman–Crippen LogP) is 1.50. The fraction of sp³-hybridized carbons (Fsp3) is 0.467. The first-order chi connectivity index (χ1) is 10.5. The molecule has 0 atom stereocenters. The summed E-state index contributed by atoms with van der Waals surface area (Å²) in [5.74, 6) is 0.243. The van der Waals surface area contributed by atoms with E-state index in [1.165, 1.54) is 7.11 Å². The third-order valence-electron chi connectivity index (χ3n) is 3.21. The molecule has 0 bridgehead atoms. The number of hydrogen-bond donors (Lipinski definition) is 2. The predicted molar refractivity (Wildman–Crippen MR) is 85.3 cm³/mol. The van der Waals surface area contributed by atoms with Crippen molar-refractivity contribution < 1.29 is 14.3 Å². The molecule has 0 spiro atoms. The number of nitrogens with one attached hydrogen (secondary N) is 2. The molecule has 0 heterocycles. The molecule has 120 valence electrons. The number of ether oxygens (including phenoxy) is 1. The third kappa shape index (κ3) is 5.20. The van der Waals surface area contributed by atoms with Gasteiger partial charge >= 0.3 is 0 Å². The molecule has 0 unspecified atom stereocenters. The number of benzene rings is 1. The van der Waals surface area contributed by atoms with Crippen molar-refractivity contribution in [2.75, 3.05) is 32.6 Å². The van der Waals surface area contributed by atoms with Gasteiger partial charge in [0.25, 0.3) is 0 Å². The standard InChI is InChI=1S/C15H20ClN3O3/c1-19(8-14(20)17-11-4-5-11)9-15(21)18-12-7-10(16)3-6-13(12)22-2/h3,6-7,11H,4-5,8-9H2,1-2H3,(H,17,20)(H,18,21). The number of halogens is 1. The number of nitrogens with zero attached hydrogens (tertiary/aromatic N) is 1. The first kappa shape index (κ1) is 16.6. The second-order valence-corrected chi connectivity index (χ2v) is 5.84. The number of carbonyl (C=O) groups is 2. The summed E-state index contributed by atoms with van der Waals surface area (Å²) in [4.78, 5) is 25.4. The van der Waals surface area contributed by atoms with E-state index >= 15 is 0 Å². The lowest BCUT2D eigenvalue weighted by Gasteiger charge is -2.16. The molecule has 1 fully saturated rings. The molecule has 0 radical (unpaired) electrons. The Kier molecular flexibility index (Phi) is 5.63. The Hall–Kier alpha value is -1.79. The van der Waals surface area contributed by atoms with Crippen LogP contribution in [-0.4, -0.2) is 50.0 Å². The van der Waals surface area contributed by atoms with Crippen LogP contribution in [0.3, 0.4) is 0 Å². The van der Waals surface area contributed by atoms with Crippen LogP contribution in [-0.2, 0) is 9.59 Å². The molecule has 6 nitrogen and oxygen atoms in total. The van der Waals surface area contributed by atoms with E-state index in [1.807, 2.05) is 0 Å². The number of likely N-dealkylation sites (N-methyl/N-ethyl adjacent to an activating group) is 1. The average molecular weight is 326 g/mol. The van der Waals surface area contributed by atoms with Gasteiger partial charge in [-0.15, -0.1) is 0 Å². The highest BCUT2D eigenvalue weighted by atomic mass is 35.5. The first-order valence-corrected chi connectivity index (χ1v) is 7.47. The summed E-state index contributed by atoms with van der Waals surface area (Å²) < 4.78 is 5.17. The minimum Gasteiger partial charge on any atom is -0.495 e. The molecular weight excluding hydrogens is 306 g/mol. The average Bonchev–Trinajstić information content (AvgIpc) is 3.22. The molecule has 22 heavy (non-hydrogen) atoms. The highest BCUT2D eigenvalue weighted by Gasteiger charge is 2.23. The van der Waals surface area contributed by atoms with Gasteiger partial charge in [-0.3, -0.25) is 14.5 Å². The molecule has 2 amide bonds. The van der Waals surface area contributed by atoms with Crippen molar-refractivity contribution in [2.45, 2.75) is 18.9 Å². The molecule has 1 aliphatic carbocycles. The van der Waals surface area contributed by atoms with E-state index in [0.717, 1.165) is 12.8 Å². The molecule has 1 saturated carbocycles. The Morgan fingerprint density at radius 1 is 1.32 bits per heavy atom. The molecule has 2 N–H and O–H groups in total. The molecular formula is C15H20ClN3O3. The van der Waals surface area contributed by atoms with Crippen molar-refractivity contribution >= 4 is 29.1 Å². The fourth-order valence-corrected chi connectivity index (χ4v) is 2.19. The Bertz CT molecular complexity index is 561.